The monoisotopic (exact) mass is 496 g/mol. The molecule has 0 aliphatic rings. The van der Waals surface area contributed by atoms with Crippen LogP contribution in [0.25, 0.3) is 54.2 Å². The van der Waals surface area contributed by atoms with E-state index in [1.54, 1.807) is 18.2 Å². The molecule has 7 aromatic rings. The Morgan fingerprint density at radius 1 is 0.436 bits per heavy atom. The Morgan fingerprint density at radius 3 is 1.56 bits per heavy atom. The molecule has 0 spiro atoms. The molecule has 0 aliphatic heterocycles. The lowest BCUT2D eigenvalue weighted by Crippen LogP contribution is -1.89. The third kappa shape index (κ3) is 4.36. The largest absolute Gasteiger partial charge is 0.192 e. The van der Waals surface area contributed by atoms with Gasteiger partial charge in [0.05, 0.1) is 23.3 Å². The number of nitriles is 2. The molecule has 0 unspecified atom stereocenters. The molecule has 0 aromatic heterocycles. The summed E-state index contributed by atoms with van der Waals surface area (Å²) < 4.78 is 0. The van der Waals surface area contributed by atoms with Crippen molar-refractivity contribution in [3.63, 3.8) is 0 Å². The Balaban J connectivity index is 0.000000158. The summed E-state index contributed by atoms with van der Waals surface area (Å²) in [7, 11) is 0. The van der Waals surface area contributed by atoms with Gasteiger partial charge in [-0.3, -0.25) is 0 Å². The summed E-state index contributed by atoms with van der Waals surface area (Å²) in [5, 5.41) is 28.7. The van der Waals surface area contributed by atoms with E-state index in [4.69, 9.17) is 0 Å². The standard InChI is InChI=1S/C22H12N2.C15H12/c23-13-15-9-10-17(14-24)21(11-15)22-12-16-5-1-2-6-18(16)19-7-3-4-8-20(19)22;1-11-10-12-6-2-3-8-14(12)15-9-5-4-7-13(11)15/h1-12H;2-10H,1H3. The van der Waals surface area contributed by atoms with Gasteiger partial charge in [-0.2, -0.15) is 10.5 Å². The van der Waals surface area contributed by atoms with Gasteiger partial charge in [-0.15, -0.1) is 0 Å². The lowest BCUT2D eigenvalue weighted by atomic mass is 9.90. The maximum absolute atomic E-state index is 9.50. The van der Waals surface area contributed by atoms with Crippen molar-refractivity contribution in [2.45, 2.75) is 6.92 Å². The molecule has 0 bridgehead atoms. The van der Waals surface area contributed by atoms with Crippen molar-refractivity contribution in [2.24, 2.45) is 0 Å². The molecule has 0 fully saturated rings. The molecule has 2 nitrogen and oxygen atoms in total. The number of rotatable bonds is 1. The molecule has 0 aliphatic carbocycles. The number of benzene rings is 7. The lowest BCUT2D eigenvalue weighted by molar-refractivity contribution is 1.45. The average molecular weight is 497 g/mol. The van der Waals surface area contributed by atoms with E-state index in [9.17, 15) is 10.5 Å². The Morgan fingerprint density at radius 2 is 0.949 bits per heavy atom. The summed E-state index contributed by atoms with van der Waals surface area (Å²) in [6.07, 6.45) is 0. The van der Waals surface area contributed by atoms with Gasteiger partial charge >= 0.3 is 0 Å². The van der Waals surface area contributed by atoms with Crippen LogP contribution in [0.3, 0.4) is 0 Å². The fourth-order valence-corrected chi connectivity index (χ4v) is 5.45. The quantitative estimate of drug-likeness (QED) is 0.212. The van der Waals surface area contributed by atoms with Crippen LogP contribution in [0, 0.1) is 29.6 Å². The molecule has 0 heterocycles. The summed E-state index contributed by atoms with van der Waals surface area (Å²) >= 11 is 0. The number of hydrogen-bond donors (Lipinski definition) is 0. The van der Waals surface area contributed by atoms with Crippen LogP contribution in [-0.2, 0) is 0 Å². The first-order valence-electron chi connectivity index (χ1n) is 12.9. The lowest BCUT2D eigenvalue weighted by Gasteiger charge is -2.12. The second kappa shape index (κ2) is 10.1. The van der Waals surface area contributed by atoms with E-state index >= 15 is 0 Å². The zero-order chi connectivity index (χ0) is 26.8. The van der Waals surface area contributed by atoms with E-state index in [0.717, 1.165) is 27.3 Å². The van der Waals surface area contributed by atoms with Crippen LogP contribution in [0.5, 0.6) is 0 Å². The van der Waals surface area contributed by atoms with Gasteiger partial charge in [-0.05, 0) is 85.4 Å². The van der Waals surface area contributed by atoms with Gasteiger partial charge in [0.25, 0.3) is 0 Å². The Hall–Kier alpha value is -5.44. The maximum atomic E-state index is 9.50. The topological polar surface area (TPSA) is 47.6 Å². The Labute approximate surface area is 227 Å². The molecule has 7 aromatic carbocycles. The third-order valence-electron chi connectivity index (χ3n) is 7.30. The first-order valence-corrected chi connectivity index (χ1v) is 12.9. The highest BCUT2D eigenvalue weighted by Gasteiger charge is 2.12. The predicted molar refractivity (Wildman–Crippen MR) is 163 cm³/mol. The Kier molecular flexibility index (Phi) is 6.22. The van der Waals surface area contributed by atoms with Crippen LogP contribution < -0.4 is 0 Å². The molecule has 0 radical (unpaired) electrons. The van der Waals surface area contributed by atoms with Gasteiger partial charge in [0.1, 0.15) is 0 Å². The van der Waals surface area contributed by atoms with Crippen LogP contribution in [0.2, 0.25) is 0 Å². The van der Waals surface area contributed by atoms with Crippen LogP contribution in [0.4, 0.5) is 0 Å². The third-order valence-corrected chi connectivity index (χ3v) is 7.30. The summed E-state index contributed by atoms with van der Waals surface area (Å²) in [6, 6.07) is 47.6. The molecular weight excluding hydrogens is 472 g/mol. The van der Waals surface area contributed by atoms with E-state index < -0.39 is 0 Å². The van der Waals surface area contributed by atoms with Gasteiger partial charge in [-0.1, -0.05) is 103 Å². The number of hydrogen-bond acceptors (Lipinski definition) is 2. The van der Waals surface area contributed by atoms with Gasteiger partial charge in [0.15, 0.2) is 0 Å². The summed E-state index contributed by atoms with van der Waals surface area (Å²) in [6.45, 7) is 2.18. The first-order chi connectivity index (χ1) is 19.2. The normalized spacial score (nSPS) is 10.6. The van der Waals surface area contributed by atoms with Crippen molar-refractivity contribution >= 4 is 43.1 Å². The Bertz CT molecular complexity index is 2110. The van der Waals surface area contributed by atoms with Gasteiger partial charge in [-0.25, -0.2) is 0 Å². The van der Waals surface area contributed by atoms with Crippen LogP contribution in [0.1, 0.15) is 16.7 Å². The highest BCUT2D eigenvalue weighted by Crippen LogP contribution is 2.36. The molecular formula is C37H24N2. The highest BCUT2D eigenvalue weighted by molar-refractivity contribution is 6.14. The van der Waals surface area contributed by atoms with Crippen molar-refractivity contribution in [3.05, 3.63) is 144 Å². The summed E-state index contributed by atoms with van der Waals surface area (Å²) in [5.41, 5.74) is 4.27. The van der Waals surface area contributed by atoms with Crippen molar-refractivity contribution in [2.75, 3.05) is 0 Å². The van der Waals surface area contributed by atoms with Crippen molar-refractivity contribution in [3.8, 4) is 23.3 Å². The van der Waals surface area contributed by atoms with E-state index in [1.165, 1.54) is 32.5 Å². The van der Waals surface area contributed by atoms with Gasteiger partial charge in [0.2, 0.25) is 0 Å². The number of aryl methyl sites for hydroxylation is 1. The van der Waals surface area contributed by atoms with E-state index in [1.807, 2.05) is 24.3 Å². The molecule has 0 saturated heterocycles. The van der Waals surface area contributed by atoms with E-state index in [-0.39, 0.29) is 0 Å². The zero-order valence-corrected chi connectivity index (χ0v) is 21.5. The SMILES string of the molecule is Cc1cc2ccccc2c2ccccc12.N#Cc1ccc(C#N)c(-c2cc3ccccc3c3ccccc23)c1. The summed E-state index contributed by atoms with van der Waals surface area (Å²) in [5.74, 6) is 0. The highest BCUT2D eigenvalue weighted by atomic mass is 14.3. The minimum Gasteiger partial charge on any atom is -0.192 e. The molecule has 0 N–H and O–H groups in total. The first kappa shape index (κ1) is 23.9. The van der Waals surface area contributed by atoms with E-state index in [2.05, 4.69) is 104 Å². The minimum atomic E-state index is 0.557. The minimum absolute atomic E-state index is 0.557. The number of nitrogens with zero attached hydrogens (tertiary/aromatic N) is 2. The van der Waals surface area contributed by atoms with Crippen molar-refractivity contribution in [1.29, 1.82) is 10.5 Å². The van der Waals surface area contributed by atoms with Gasteiger partial charge in [0, 0.05) is 5.56 Å². The number of fused-ring (bicyclic) bond motifs is 6. The van der Waals surface area contributed by atoms with Crippen molar-refractivity contribution < 1.29 is 0 Å². The average Bonchev–Trinajstić information content (AvgIpc) is 3.01. The second-order valence-corrected chi connectivity index (χ2v) is 9.64. The molecule has 182 valence electrons. The molecule has 0 atom stereocenters. The van der Waals surface area contributed by atoms with Crippen LogP contribution in [-0.4, -0.2) is 0 Å². The summed E-state index contributed by atoms with van der Waals surface area (Å²) in [4.78, 5) is 0. The van der Waals surface area contributed by atoms with Gasteiger partial charge < -0.3 is 0 Å². The van der Waals surface area contributed by atoms with E-state index in [0.29, 0.717) is 11.1 Å². The fourth-order valence-electron chi connectivity index (χ4n) is 5.45. The smallest absolute Gasteiger partial charge is 0.0998 e. The maximum Gasteiger partial charge on any atom is 0.0998 e. The van der Waals surface area contributed by atoms with Crippen molar-refractivity contribution in [1.82, 2.24) is 0 Å². The molecule has 7 rings (SSSR count). The predicted octanol–water partition coefficient (Wildman–Crippen LogP) is 9.70. The molecule has 0 saturated carbocycles. The molecule has 39 heavy (non-hydrogen) atoms. The molecule has 2 heteroatoms. The second-order valence-electron chi connectivity index (χ2n) is 9.64. The fraction of sp³-hybridized carbons (Fsp3) is 0.0270. The van der Waals surface area contributed by atoms with Crippen LogP contribution >= 0.6 is 0 Å². The van der Waals surface area contributed by atoms with Crippen LogP contribution in [0.15, 0.2) is 127 Å². The zero-order valence-electron chi connectivity index (χ0n) is 21.5. The molecule has 0 amide bonds.